The van der Waals surface area contributed by atoms with Gasteiger partial charge in [0.1, 0.15) is 6.61 Å². The third kappa shape index (κ3) is 4.34. The van der Waals surface area contributed by atoms with E-state index in [4.69, 9.17) is 16.3 Å². The van der Waals surface area contributed by atoms with E-state index in [0.717, 1.165) is 11.1 Å². The van der Waals surface area contributed by atoms with Gasteiger partial charge in [0.05, 0.1) is 18.3 Å². The van der Waals surface area contributed by atoms with E-state index in [0.29, 0.717) is 29.6 Å². The number of ether oxygens (including phenoxy) is 1. The predicted molar refractivity (Wildman–Crippen MR) is 103 cm³/mol. The number of benzene rings is 2. The maximum Gasteiger partial charge on any atom is 0.223 e. The zero-order chi connectivity index (χ0) is 18.5. The number of aliphatic hydroxyl groups excluding tert-OH is 1. The van der Waals surface area contributed by atoms with Crippen molar-refractivity contribution in [1.82, 2.24) is 4.57 Å². The third-order valence-electron chi connectivity index (χ3n) is 4.22. The van der Waals surface area contributed by atoms with Crippen molar-refractivity contribution in [3.8, 4) is 5.75 Å². The summed E-state index contributed by atoms with van der Waals surface area (Å²) in [6, 6.07) is 18.2. The molecule has 1 aromatic heterocycles. The van der Waals surface area contributed by atoms with E-state index < -0.39 is 6.10 Å². The van der Waals surface area contributed by atoms with Crippen LogP contribution in [0.15, 0.2) is 71.7 Å². The molecule has 0 fully saturated rings. The van der Waals surface area contributed by atoms with E-state index >= 15 is 0 Å². The molecular weight excluding hydrogens is 350 g/mol. The monoisotopic (exact) mass is 369 g/mol. The standard InChI is InChI=1S/C21H20ClNO3/c1-15-21(26-14-16-6-3-2-4-7-16)19(24)10-11-23(15)13-20(25)17-8-5-9-18(22)12-17/h2-12,20,25H,13-14H2,1H3/t20-/m1/s1. The first-order valence-electron chi connectivity index (χ1n) is 8.35. The highest BCUT2D eigenvalue weighted by Gasteiger charge is 2.13. The molecule has 5 heteroatoms. The summed E-state index contributed by atoms with van der Waals surface area (Å²) in [5, 5.41) is 11.1. The smallest absolute Gasteiger partial charge is 0.223 e. The summed E-state index contributed by atoms with van der Waals surface area (Å²) in [6.45, 7) is 2.43. The lowest BCUT2D eigenvalue weighted by Gasteiger charge is -2.18. The maximum absolute atomic E-state index is 12.2. The number of pyridine rings is 1. The molecule has 3 rings (SSSR count). The van der Waals surface area contributed by atoms with E-state index in [2.05, 4.69) is 0 Å². The van der Waals surface area contributed by atoms with Gasteiger partial charge in [-0.05, 0) is 30.2 Å². The molecule has 0 amide bonds. The van der Waals surface area contributed by atoms with Gasteiger partial charge in [-0.3, -0.25) is 4.79 Å². The molecule has 0 bridgehead atoms. The number of rotatable bonds is 6. The molecule has 1 atom stereocenters. The topological polar surface area (TPSA) is 51.5 Å². The summed E-state index contributed by atoms with van der Waals surface area (Å²) in [7, 11) is 0. The Labute approximate surface area is 157 Å². The highest BCUT2D eigenvalue weighted by atomic mass is 35.5. The molecular formula is C21H20ClNO3. The predicted octanol–water partition coefficient (Wildman–Crippen LogP) is 4.12. The van der Waals surface area contributed by atoms with Gasteiger partial charge < -0.3 is 14.4 Å². The molecule has 0 saturated carbocycles. The van der Waals surface area contributed by atoms with Crippen molar-refractivity contribution in [2.45, 2.75) is 26.2 Å². The molecule has 134 valence electrons. The molecule has 1 heterocycles. The van der Waals surface area contributed by atoms with Crippen molar-refractivity contribution in [2.75, 3.05) is 0 Å². The Balaban J connectivity index is 1.79. The largest absolute Gasteiger partial charge is 0.483 e. The zero-order valence-corrected chi connectivity index (χ0v) is 15.2. The van der Waals surface area contributed by atoms with Crippen LogP contribution >= 0.6 is 11.6 Å². The Morgan fingerprint density at radius 1 is 1.12 bits per heavy atom. The summed E-state index contributed by atoms with van der Waals surface area (Å²) < 4.78 is 7.58. The fraction of sp³-hybridized carbons (Fsp3) is 0.190. The molecule has 0 saturated heterocycles. The zero-order valence-electron chi connectivity index (χ0n) is 14.4. The van der Waals surface area contributed by atoms with Gasteiger partial charge in [-0.25, -0.2) is 0 Å². The lowest BCUT2D eigenvalue weighted by Crippen LogP contribution is -2.17. The molecule has 0 aliphatic rings. The van der Waals surface area contributed by atoms with E-state index in [1.165, 1.54) is 6.07 Å². The fourth-order valence-electron chi connectivity index (χ4n) is 2.76. The van der Waals surface area contributed by atoms with Gasteiger partial charge in [-0.15, -0.1) is 0 Å². The first kappa shape index (κ1) is 18.2. The van der Waals surface area contributed by atoms with Gasteiger partial charge in [0.25, 0.3) is 0 Å². The lowest BCUT2D eigenvalue weighted by atomic mass is 10.1. The average molecular weight is 370 g/mol. The minimum absolute atomic E-state index is 0.174. The van der Waals surface area contributed by atoms with Gasteiger partial charge in [0, 0.05) is 17.3 Å². The van der Waals surface area contributed by atoms with Crippen molar-refractivity contribution in [1.29, 1.82) is 0 Å². The molecule has 3 aromatic rings. The summed E-state index contributed by atoms with van der Waals surface area (Å²) in [5.41, 5.74) is 2.21. The maximum atomic E-state index is 12.2. The molecule has 0 spiro atoms. The summed E-state index contributed by atoms with van der Waals surface area (Å²) in [5.74, 6) is 0.301. The number of aliphatic hydroxyl groups is 1. The highest BCUT2D eigenvalue weighted by molar-refractivity contribution is 6.30. The van der Waals surface area contributed by atoms with E-state index in [-0.39, 0.29) is 5.43 Å². The van der Waals surface area contributed by atoms with Gasteiger partial charge in [0.15, 0.2) is 5.75 Å². The second kappa shape index (κ2) is 8.21. The normalized spacial score (nSPS) is 12.0. The molecule has 26 heavy (non-hydrogen) atoms. The van der Waals surface area contributed by atoms with E-state index in [1.54, 1.807) is 24.4 Å². The van der Waals surface area contributed by atoms with Crippen LogP contribution in [0.25, 0.3) is 0 Å². The summed E-state index contributed by atoms with van der Waals surface area (Å²) in [4.78, 5) is 12.2. The van der Waals surface area contributed by atoms with Crippen LogP contribution in [0.2, 0.25) is 5.02 Å². The Morgan fingerprint density at radius 3 is 2.62 bits per heavy atom. The SMILES string of the molecule is Cc1c(OCc2ccccc2)c(=O)ccn1C[C@@H](O)c1cccc(Cl)c1. The summed E-state index contributed by atoms with van der Waals surface area (Å²) >= 11 is 5.99. The van der Waals surface area contributed by atoms with Crippen LogP contribution in [-0.4, -0.2) is 9.67 Å². The van der Waals surface area contributed by atoms with Crippen LogP contribution in [0.3, 0.4) is 0 Å². The number of aromatic nitrogens is 1. The number of halogens is 1. The Hall–Kier alpha value is -2.56. The molecule has 4 nitrogen and oxygen atoms in total. The van der Waals surface area contributed by atoms with Crippen LogP contribution < -0.4 is 10.2 Å². The number of nitrogens with zero attached hydrogens (tertiary/aromatic N) is 1. The Kier molecular flexibility index (Phi) is 5.76. The molecule has 0 aliphatic heterocycles. The van der Waals surface area contributed by atoms with Crippen molar-refractivity contribution in [3.05, 3.63) is 98.9 Å². The van der Waals surface area contributed by atoms with Crippen LogP contribution in [0.5, 0.6) is 5.75 Å². The average Bonchev–Trinajstić information content (AvgIpc) is 2.65. The van der Waals surface area contributed by atoms with Crippen LogP contribution in [0.1, 0.15) is 22.9 Å². The first-order valence-corrected chi connectivity index (χ1v) is 8.72. The quantitative estimate of drug-likeness (QED) is 0.711. The fourth-order valence-corrected chi connectivity index (χ4v) is 2.96. The number of hydrogen-bond acceptors (Lipinski definition) is 3. The van der Waals surface area contributed by atoms with Crippen molar-refractivity contribution >= 4 is 11.6 Å². The molecule has 1 N–H and O–H groups in total. The van der Waals surface area contributed by atoms with Crippen LogP contribution in [-0.2, 0) is 13.2 Å². The highest BCUT2D eigenvalue weighted by Crippen LogP contribution is 2.21. The minimum atomic E-state index is -0.739. The number of hydrogen-bond donors (Lipinski definition) is 1. The van der Waals surface area contributed by atoms with Gasteiger partial charge in [0.2, 0.25) is 5.43 Å². The van der Waals surface area contributed by atoms with E-state index in [9.17, 15) is 9.90 Å². The Bertz CT molecular complexity index is 937. The molecule has 0 unspecified atom stereocenters. The van der Waals surface area contributed by atoms with Gasteiger partial charge >= 0.3 is 0 Å². The Morgan fingerprint density at radius 2 is 1.88 bits per heavy atom. The minimum Gasteiger partial charge on any atom is -0.483 e. The summed E-state index contributed by atoms with van der Waals surface area (Å²) in [6.07, 6.45) is 0.928. The van der Waals surface area contributed by atoms with Gasteiger partial charge in [-0.1, -0.05) is 54.1 Å². The van der Waals surface area contributed by atoms with Crippen molar-refractivity contribution < 1.29 is 9.84 Å². The van der Waals surface area contributed by atoms with Crippen molar-refractivity contribution in [2.24, 2.45) is 0 Å². The molecule has 0 aliphatic carbocycles. The molecule has 2 aromatic carbocycles. The van der Waals surface area contributed by atoms with Crippen molar-refractivity contribution in [3.63, 3.8) is 0 Å². The second-order valence-corrected chi connectivity index (χ2v) is 6.53. The second-order valence-electron chi connectivity index (χ2n) is 6.09. The van der Waals surface area contributed by atoms with Crippen LogP contribution in [0, 0.1) is 6.92 Å². The van der Waals surface area contributed by atoms with Crippen LogP contribution in [0.4, 0.5) is 0 Å². The van der Waals surface area contributed by atoms with E-state index in [1.807, 2.05) is 47.9 Å². The third-order valence-corrected chi connectivity index (χ3v) is 4.45. The lowest BCUT2D eigenvalue weighted by molar-refractivity contribution is 0.154. The molecule has 0 radical (unpaired) electrons. The first-order chi connectivity index (χ1) is 12.5. The van der Waals surface area contributed by atoms with Gasteiger partial charge in [-0.2, -0.15) is 0 Å².